The zero-order valence-electron chi connectivity index (χ0n) is 15.8. The van der Waals surface area contributed by atoms with Crippen LogP contribution < -0.4 is 0 Å². The van der Waals surface area contributed by atoms with Gasteiger partial charge in [-0.15, -0.1) is 0 Å². The molecule has 8 heteroatoms. The summed E-state index contributed by atoms with van der Waals surface area (Å²) in [5.41, 5.74) is 1.73. The van der Waals surface area contributed by atoms with Crippen LogP contribution in [-0.2, 0) is 11.2 Å². The maximum absolute atomic E-state index is 12.8. The summed E-state index contributed by atoms with van der Waals surface area (Å²) in [6.07, 6.45) is 2.61. The van der Waals surface area contributed by atoms with Crippen molar-refractivity contribution in [3.63, 3.8) is 0 Å². The van der Waals surface area contributed by atoms with E-state index in [0.29, 0.717) is 11.9 Å². The van der Waals surface area contributed by atoms with E-state index in [1.54, 1.807) is 50.0 Å². The molecular weight excluding hydrogens is 376 g/mol. The maximum atomic E-state index is 12.8. The van der Waals surface area contributed by atoms with Crippen LogP contribution in [0.5, 0.6) is 0 Å². The highest BCUT2D eigenvalue weighted by Crippen LogP contribution is 2.15. The first-order valence-electron chi connectivity index (χ1n) is 8.84. The third kappa shape index (κ3) is 4.71. The van der Waals surface area contributed by atoms with Gasteiger partial charge in [-0.3, -0.25) is 14.6 Å². The molecule has 1 N–H and O–H groups in total. The fourth-order valence-corrected chi connectivity index (χ4v) is 3.59. The van der Waals surface area contributed by atoms with Crippen molar-refractivity contribution in [2.45, 2.75) is 12.5 Å². The van der Waals surface area contributed by atoms with Crippen molar-refractivity contribution in [3.8, 4) is 0 Å². The number of nitrogens with zero attached hydrogens (tertiary/aromatic N) is 4. The van der Waals surface area contributed by atoms with Crippen LogP contribution in [0.25, 0.3) is 10.9 Å². The van der Waals surface area contributed by atoms with Crippen molar-refractivity contribution in [3.05, 3.63) is 58.7 Å². The zero-order valence-corrected chi connectivity index (χ0v) is 16.6. The smallest absolute Gasteiger partial charge is 0.274 e. The van der Waals surface area contributed by atoms with Gasteiger partial charge in [-0.2, -0.15) is 11.3 Å². The molecule has 0 aromatic carbocycles. The minimum Gasteiger partial charge on any atom is -0.389 e. The topological polar surface area (TPSA) is 86.6 Å². The van der Waals surface area contributed by atoms with Gasteiger partial charge in [0.15, 0.2) is 5.69 Å². The Morgan fingerprint density at radius 3 is 2.64 bits per heavy atom. The fourth-order valence-electron chi connectivity index (χ4n) is 2.92. The van der Waals surface area contributed by atoms with Gasteiger partial charge in [0.05, 0.1) is 12.5 Å². The molecule has 3 heterocycles. The van der Waals surface area contributed by atoms with Crippen LogP contribution in [0.1, 0.15) is 16.1 Å². The number of amides is 2. The second-order valence-electron chi connectivity index (χ2n) is 6.66. The van der Waals surface area contributed by atoms with Crippen molar-refractivity contribution in [1.82, 2.24) is 19.8 Å². The number of aliphatic hydroxyl groups excluding tert-OH is 1. The monoisotopic (exact) mass is 398 g/mol. The first-order chi connectivity index (χ1) is 13.5. The average molecular weight is 398 g/mol. The lowest BCUT2D eigenvalue weighted by atomic mass is 10.2. The lowest BCUT2D eigenvalue weighted by Crippen LogP contribution is -2.42. The van der Waals surface area contributed by atoms with Crippen LogP contribution in [0.3, 0.4) is 0 Å². The van der Waals surface area contributed by atoms with Crippen LogP contribution in [0.15, 0.2) is 47.4 Å². The second kappa shape index (κ2) is 8.90. The Morgan fingerprint density at radius 1 is 1.11 bits per heavy atom. The van der Waals surface area contributed by atoms with Crippen LogP contribution in [0.2, 0.25) is 0 Å². The molecule has 0 saturated heterocycles. The molecule has 3 rings (SSSR count). The first-order valence-corrected chi connectivity index (χ1v) is 9.78. The summed E-state index contributed by atoms with van der Waals surface area (Å²) in [4.78, 5) is 36.3. The molecule has 146 valence electrons. The molecule has 7 nitrogen and oxygen atoms in total. The van der Waals surface area contributed by atoms with Gasteiger partial charge in [0.1, 0.15) is 5.52 Å². The van der Waals surface area contributed by atoms with E-state index < -0.39 is 6.10 Å². The van der Waals surface area contributed by atoms with E-state index in [1.165, 1.54) is 9.80 Å². The minimum atomic E-state index is -0.867. The maximum Gasteiger partial charge on any atom is 0.274 e. The standard InChI is InChI=1S/C20H22N4O3S/c1-23(17(26)10-14-6-9-28-13-14)11-16(25)12-24(2)20(27)19-18-15(5-8-22-19)4-3-7-21-18/h3-9,13,16,25H,10-12H2,1-2H3. The van der Waals surface area contributed by atoms with Crippen molar-refractivity contribution in [1.29, 1.82) is 0 Å². The van der Waals surface area contributed by atoms with Crippen molar-refractivity contribution in [2.75, 3.05) is 27.2 Å². The fraction of sp³-hybridized carbons (Fsp3) is 0.300. The van der Waals surface area contributed by atoms with Gasteiger partial charge in [0, 0.05) is 45.0 Å². The Bertz CT molecular complexity index is 956. The molecule has 2 amide bonds. The van der Waals surface area contributed by atoms with Crippen molar-refractivity contribution in [2.24, 2.45) is 0 Å². The third-order valence-electron chi connectivity index (χ3n) is 4.40. The Labute approximate surface area is 167 Å². The molecule has 28 heavy (non-hydrogen) atoms. The molecule has 0 aliphatic rings. The molecule has 1 unspecified atom stereocenters. The van der Waals surface area contributed by atoms with E-state index in [9.17, 15) is 14.7 Å². The van der Waals surface area contributed by atoms with E-state index in [4.69, 9.17) is 0 Å². The quantitative estimate of drug-likeness (QED) is 0.656. The number of aromatic nitrogens is 2. The number of hydrogen-bond acceptors (Lipinski definition) is 6. The summed E-state index contributed by atoms with van der Waals surface area (Å²) < 4.78 is 0. The molecule has 0 saturated carbocycles. The normalized spacial score (nSPS) is 12.0. The molecule has 1 atom stereocenters. The number of carbonyl (C=O) groups excluding carboxylic acids is 2. The molecule has 0 spiro atoms. The molecule has 0 bridgehead atoms. The highest BCUT2D eigenvalue weighted by molar-refractivity contribution is 7.08. The van der Waals surface area contributed by atoms with Crippen LogP contribution in [0.4, 0.5) is 0 Å². The third-order valence-corrected chi connectivity index (χ3v) is 5.13. The summed E-state index contributed by atoms with van der Waals surface area (Å²) in [5, 5.41) is 15.0. The number of aliphatic hydroxyl groups is 1. The van der Waals surface area contributed by atoms with Crippen molar-refractivity contribution < 1.29 is 14.7 Å². The second-order valence-corrected chi connectivity index (χ2v) is 7.44. The lowest BCUT2D eigenvalue weighted by molar-refractivity contribution is -0.130. The van der Waals surface area contributed by atoms with E-state index in [0.717, 1.165) is 10.9 Å². The summed E-state index contributed by atoms with van der Waals surface area (Å²) in [6, 6.07) is 7.36. The first kappa shape index (κ1) is 19.9. The number of rotatable bonds is 7. The summed E-state index contributed by atoms with van der Waals surface area (Å²) in [6.45, 7) is 0.224. The molecule has 0 fully saturated rings. The van der Waals surface area contributed by atoms with Gasteiger partial charge in [-0.25, -0.2) is 4.98 Å². The van der Waals surface area contributed by atoms with E-state index >= 15 is 0 Å². The Hall–Kier alpha value is -2.84. The van der Waals surface area contributed by atoms with Gasteiger partial charge < -0.3 is 14.9 Å². The van der Waals surface area contributed by atoms with Crippen molar-refractivity contribution >= 4 is 34.1 Å². The van der Waals surface area contributed by atoms with Gasteiger partial charge in [0.2, 0.25) is 5.91 Å². The molecule has 3 aromatic heterocycles. The van der Waals surface area contributed by atoms with Crippen LogP contribution in [-0.4, -0.2) is 70.0 Å². The van der Waals surface area contributed by atoms with Gasteiger partial charge in [-0.05, 0) is 34.5 Å². The molecule has 0 radical (unpaired) electrons. The van der Waals surface area contributed by atoms with Gasteiger partial charge in [0.25, 0.3) is 5.91 Å². The predicted molar refractivity (Wildman–Crippen MR) is 108 cm³/mol. The molecular formula is C20H22N4O3S. The number of pyridine rings is 2. The largest absolute Gasteiger partial charge is 0.389 e. The SMILES string of the molecule is CN(CC(O)CN(C)C(=O)c1nccc2cccnc12)C(=O)Cc1ccsc1. The van der Waals surface area contributed by atoms with Gasteiger partial charge >= 0.3 is 0 Å². The number of likely N-dealkylation sites (N-methyl/N-ethyl adjacent to an activating group) is 2. The highest BCUT2D eigenvalue weighted by Gasteiger charge is 2.21. The Kier molecular flexibility index (Phi) is 6.33. The molecule has 0 aliphatic carbocycles. The van der Waals surface area contributed by atoms with E-state index in [1.807, 2.05) is 22.9 Å². The Morgan fingerprint density at radius 2 is 1.89 bits per heavy atom. The predicted octanol–water partition coefficient (Wildman–Crippen LogP) is 1.83. The van der Waals surface area contributed by atoms with Crippen LogP contribution >= 0.6 is 11.3 Å². The lowest BCUT2D eigenvalue weighted by Gasteiger charge is -2.25. The number of carbonyl (C=O) groups is 2. The molecule has 3 aromatic rings. The Balaban J connectivity index is 1.59. The zero-order chi connectivity index (χ0) is 20.1. The summed E-state index contributed by atoms with van der Waals surface area (Å²) in [7, 11) is 3.25. The summed E-state index contributed by atoms with van der Waals surface area (Å²) in [5.74, 6) is -0.401. The number of thiophene rings is 1. The van der Waals surface area contributed by atoms with E-state index in [2.05, 4.69) is 9.97 Å². The van der Waals surface area contributed by atoms with Gasteiger partial charge in [-0.1, -0.05) is 6.07 Å². The minimum absolute atomic E-state index is 0.0775. The summed E-state index contributed by atoms with van der Waals surface area (Å²) >= 11 is 1.54. The highest BCUT2D eigenvalue weighted by atomic mass is 32.1. The number of fused-ring (bicyclic) bond motifs is 1. The van der Waals surface area contributed by atoms with E-state index in [-0.39, 0.29) is 30.6 Å². The molecule has 0 aliphatic heterocycles. The average Bonchev–Trinajstić information content (AvgIpc) is 3.19. The number of hydrogen-bond donors (Lipinski definition) is 1. The van der Waals surface area contributed by atoms with Crippen LogP contribution in [0, 0.1) is 0 Å².